The molecule has 1 N–H and O–H groups in total. The van der Waals surface area contributed by atoms with Gasteiger partial charge in [-0.3, -0.25) is 9.59 Å². The highest BCUT2D eigenvalue weighted by Crippen LogP contribution is 2.24. The van der Waals surface area contributed by atoms with E-state index in [9.17, 15) is 20.1 Å². The molecule has 0 aromatic carbocycles. The number of nitrogens with zero attached hydrogens (tertiary/aromatic N) is 4. The van der Waals surface area contributed by atoms with Crippen LogP contribution in [0.5, 0.6) is 0 Å². The van der Waals surface area contributed by atoms with Gasteiger partial charge in [0.25, 0.3) is 0 Å². The first-order valence-corrected chi connectivity index (χ1v) is 8.51. The maximum atomic E-state index is 11.9. The quantitative estimate of drug-likeness (QED) is 0.489. The van der Waals surface area contributed by atoms with Crippen LogP contribution >= 0.6 is 0 Å². The number of hydrogen-bond acceptors (Lipinski definition) is 8. The highest BCUT2D eigenvalue weighted by Gasteiger charge is 2.30. The van der Waals surface area contributed by atoms with Gasteiger partial charge in [0.15, 0.2) is 11.1 Å². The maximum Gasteiger partial charge on any atom is 0.308 e. The van der Waals surface area contributed by atoms with Crippen molar-refractivity contribution in [3.05, 3.63) is 0 Å². The van der Waals surface area contributed by atoms with Gasteiger partial charge in [-0.25, -0.2) is 0 Å². The monoisotopic (exact) mass is 364 g/mol. The van der Waals surface area contributed by atoms with Crippen LogP contribution < -0.4 is 0 Å². The minimum absolute atomic E-state index is 0.0229. The molecule has 0 saturated carbocycles. The van der Waals surface area contributed by atoms with Crippen molar-refractivity contribution in [1.82, 2.24) is 0 Å². The lowest BCUT2D eigenvalue weighted by molar-refractivity contribution is -0.187. The summed E-state index contributed by atoms with van der Waals surface area (Å²) in [5.74, 6) is -1.53. The van der Waals surface area contributed by atoms with Gasteiger partial charge in [-0.15, -0.1) is 0 Å². The van der Waals surface area contributed by atoms with E-state index in [0.29, 0.717) is 13.0 Å². The molecular formula is C17H24N4O5. The number of nitriles is 2. The number of rotatable bonds is 9. The summed E-state index contributed by atoms with van der Waals surface area (Å²) in [4.78, 5) is 22.6. The van der Waals surface area contributed by atoms with Gasteiger partial charge in [0.05, 0.1) is 18.7 Å². The molecule has 0 spiro atoms. The zero-order valence-electron chi connectivity index (χ0n) is 15.1. The second-order valence-electron chi connectivity index (χ2n) is 6.65. The van der Waals surface area contributed by atoms with Crippen molar-refractivity contribution < 1.29 is 24.2 Å². The third-order valence-electron chi connectivity index (χ3n) is 4.02. The molecular weight excluding hydrogens is 340 g/mol. The summed E-state index contributed by atoms with van der Waals surface area (Å²) < 4.78 is 10.5. The number of azo groups is 1. The Bertz CT molecular complexity index is 618. The Morgan fingerprint density at radius 1 is 1.15 bits per heavy atom. The standard InChI is InChI=1S/C17H24N4O5/c1-16(11-18,8-6-13(22)23)20-21-17(2,12-19)9-7-14(24)26-15-5-3-4-10-25-15/h15H,3-10H2,1-2H3,(H,22,23)/b21-20-. The lowest BCUT2D eigenvalue weighted by atomic mass is 9.97. The van der Waals surface area contributed by atoms with E-state index >= 15 is 0 Å². The van der Waals surface area contributed by atoms with Crippen LogP contribution in [-0.4, -0.2) is 41.0 Å². The van der Waals surface area contributed by atoms with E-state index in [0.717, 1.165) is 12.8 Å². The van der Waals surface area contributed by atoms with Crippen molar-refractivity contribution >= 4 is 11.9 Å². The molecule has 1 saturated heterocycles. The Labute approximate surface area is 152 Å². The molecule has 0 aromatic heterocycles. The largest absolute Gasteiger partial charge is 0.481 e. The smallest absolute Gasteiger partial charge is 0.308 e. The van der Waals surface area contributed by atoms with Crippen LogP contribution in [0, 0.1) is 22.7 Å². The molecule has 0 bridgehead atoms. The van der Waals surface area contributed by atoms with Gasteiger partial charge in [-0.1, -0.05) is 0 Å². The lowest BCUT2D eigenvalue weighted by Crippen LogP contribution is -2.28. The third-order valence-corrected chi connectivity index (χ3v) is 4.02. The lowest BCUT2D eigenvalue weighted by Gasteiger charge is -2.23. The fourth-order valence-electron chi connectivity index (χ4n) is 2.18. The zero-order valence-corrected chi connectivity index (χ0v) is 15.1. The van der Waals surface area contributed by atoms with Crippen LogP contribution in [-0.2, 0) is 19.1 Å². The van der Waals surface area contributed by atoms with Gasteiger partial charge in [0.1, 0.15) is 0 Å². The van der Waals surface area contributed by atoms with Crippen LogP contribution in [0.1, 0.15) is 58.8 Å². The first kappa shape index (κ1) is 21.5. The van der Waals surface area contributed by atoms with Crippen LogP contribution in [0.3, 0.4) is 0 Å². The van der Waals surface area contributed by atoms with E-state index in [1.165, 1.54) is 13.8 Å². The topological polar surface area (TPSA) is 145 Å². The fourth-order valence-corrected chi connectivity index (χ4v) is 2.18. The van der Waals surface area contributed by atoms with Gasteiger partial charge >= 0.3 is 11.9 Å². The summed E-state index contributed by atoms with van der Waals surface area (Å²) in [5, 5.41) is 35.1. The van der Waals surface area contributed by atoms with Crippen LogP contribution in [0.2, 0.25) is 0 Å². The number of carboxylic acid groups (broad SMARTS) is 1. The SMILES string of the molecule is CC(C#N)(CCC(=O)O)/N=N\C(C)(C#N)CCC(=O)OC1CCCCO1. The third kappa shape index (κ3) is 7.58. The Hall–Kier alpha value is -2.52. The highest BCUT2D eigenvalue weighted by molar-refractivity contribution is 5.69. The number of aliphatic carboxylic acids is 1. The Morgan fingerprint density at radius 3 is 2.19 bits per heavy atom. The molecule has 1 fully saturated rings. The van der Waals surface area contributed by atoms with E-state index in [1.54, 1.807) is 0 Å². The zero-order chi connectivity index (χ0) is 19.6. The molecule has 9 heteroatoms. The van der Waals surface area contributed by atoms with Gasteiger partial charge < -0.3 is 14.6 Å². The number of ether oxygens (including phenoxy) is 2. The molecule has 0 aliphatic carbocycles. The molecule has 3 atom stereocenters. The van der Waals surface area contributed by atoms with Gasteiger partial charge in [-0.05, 0) is 39.5 Å². The van der Waals surface area contributed by atoms with Crippen molar-refractivity contribution in [2.45, 2.75) is 76.2 Å². The first-order valence-electron chi connectivity index (χ1n) is 8.51. The number of esters is 1. The molecule has 0 radical (unpaired) electrons. The van der Waals surface area contributed by atoms with Crippen LogP contribution in [0.25, 0.3) is 0 Å². The molecule has 1 aliphatic heterocycles. The summed E-state index contributed by atoms with van der Waals surface area (Å²) in [6.45, 7) is 3.51. The van der Waals surface area contributed by atoms with Crippen molar-refractivity contribution in [2.24, 2.45) is 10.2 Å². The van der Waals surface area contributed by atoms with Gasteiger partial charge in [-0.2, -0.15) is 20.8 Å². The van der Waals surface area contributed by atoms with Crippen molar-refractivity contribution in [3.8, 4) is 12.1 Å². The summed E-state index contributed by atoms with van der Waals surface area (Å²) in [7, 11) is 0. The normalized spacial score (nSPS) is 21.8. The van der Waals surface area contributed by atoms with E-state index in [-0.39, 0.29) is 25.7 Å². The number of carboxylic acids is 1. The summed E-state index contributed by atoms with van der Waals surface area (Å²) in [6.07, 6.45) is 1.77. The van der Waals surface area contributed by atoms with E-state index in [2.05, 4.69) is 10.2 Å². The Kier molecular flexibility index (Phi) is 8.14. The predicted molar refractivity (Wildman–Crippen MR) is 88.7 cm³/mol. The highest BCUT2D eigenvalue weighted by atomic mass is 16.7. The number of carbonyl (C=O) groups is 2. The molecule has 0 aromatic rings. The molecule has 142 valence electrons. The minimum atomic E-state index is -1.34. The summed E-state index contributed by atoms with van der Waals surface area (Å²) >= 11 is 0. The molecule has 1 rings (SSSR count). The summed E-state index contributed by atoms with van der Waals surface area (Å²) in [6, 6.07) is 3.88. The fraction of sp³-hybridized carbons (Fsp3) is 0.765. The minimum Gasteiger partial charge on any atom is -0.481 e. The first-order chi connectivity index (χ1) is 12.2. The van der Waals surface area contributed by atoms with E-state index < -0.39 is 29.3 Å². The maximum absolute atomic E-state index is 11.9. The van der Waals surface area contributed by atoms with E-state index in [4.69, 9.17) is 14.6 Å². The molecule has 26 heavy (non-hydrogen) atoms. The summed E-state index contributed by atoms with van der Waals surface area (Å²) in [5.41, 5.74) is -2.65. The molecule has 9 nitrogen and oxygen atoms in total. The molecule has 1 aliphatic rings. The van der Waals surface area contributed by atoms with Gasteiger partial charge in [0, 0.05) is 19.3 Å². The average molecular weight is 364 g/mol. The van der Waals surface area contributed by atoms with Gasteiger partial charge in [0.2, 0.25) is 6.29 Å². The second-order valence-corrected chi connectivity index (χ2v) is 6.65. The second kappa shape index (κ2) is 9.83. The molecule has 0 amide bonds. The average Bonchev–Trinajstić information content (AvgIpc) is 2.64. The predicted octanol–water partition coefficient (Wildman–Crippen LogP) is 2.72. The molecule has 3 unspecified atom stereocenters. The Balaban J connectivity index is 2.60. The number of carbonyl (C=O) groups excluding carboxylic acids is 1. The van der Waals surface area contributed by atoms with Crippen LogP contribution in [0.4, 0.5) is 0 Å². The van der Waals surface area contributed by atoms with E-state index in [1.807, 2.05) is 12.1 Å². The van der Waals surface area contributed by atoms with Crippen molar-refractivity contribution in [1.29, 1.82) is 10.5 Å². The van der Waals surface area contributed by atoms with Crippen molar-refractivity contribution in [3.63, 3.8) is 0 Å². The Morgan fingerprint density at radius 2 is 1.73 bits per heavy atom. The number of hydrogen-bond donors (Lipinski definition) is 1. The molecule has 1 heterocycles. The van der Waals surface area contributed by atoms with Crippen LogP contribution in [0.15, 0.2) is 10.2 Å². The van der Waals surface area contributed by atoms with Crippen molar-refractivity contribution in [2.75, 3.05) is 6.61 Å².